The zero-order valence-electron chi connectivity index (χ0n) is 20.0. The summed E-state index contributed by atoms with van der Waals surface area (Å²) in [4.78, 5) is 16.2. The highest BCUT2D eigenvalue weighted by Crippen LogP contribution is 2.51. The summed E-state index contributed by atoms with van der Waals surface area (Å²) in [6, 6.07) is 0.177. The van der Waals surface area contributed by atoms with Crippen LogP contribution in [-0.4, -0.2) is 39.3 Å². The summed E-state index contributed by atoms with van der Waals surface area (Å²) < 4.78 is 7.12. The van der Waals surface area contributed by atoms with Crippen LogP contribution in [0.5, 0.6) is 0 Å². The molecule has 168 valence electrons. The number of amides is 1. The minimum atomic E-state index is -0.681. The molecule has 0 aromatic heterocycles. The third-order valence-corrected chi connectivity index (χ3v) is 7.22. The number of ether oxygens (including phenoxy) is 1. The molecule has 0 atom stereocenters. The predicted molar refractivity (Wildman–Crippen MR) is 120 cm³/mol. The fraction of sp³-hybridized carbons (Fsp3) is 0.960. The smallest absolute Gasteiger partial charge is 0.257 e. The molecule has 1 N–H and O–H groups in total. The summed E-state index contributed by atoms with van der Waals surface area (Å²) in [7, 11) is 0. The summed E-state index contributed by atoms with van der Waals surface area (Å²) in [5.74, 6) is 0.252. The number of hydrogen-bond donors (Lipinski definition) is 1. The molecule has 2 spiro atoms. The minimum Gasteiger partial charge on any atom is -0.339 e. The van der Waals surface area contributed by atoms with Gasteiger partial charge in [-0.3, -0.25) is 4.79 Å². The molecule has 3 fully saturated rings. The molecule has 3 aliphatic rings. The van der Waals surface area contributed by atoms with Crippen LogP contribution in [0.4, 0.5) is 0 Å². The first-order chi connectivity index (χ1) is 13.5. The van der Waals surface area contributed by atoms with Crippen LogP contribution in [0.25, 0.3) is 0 Å². The Hall–Kier alpha value is -0.610. The topological polar surface area (TPSA) is 41.6 Å². The first-order valence-electron chi connectivity index (χ1n) is 12.3. The summed E-state index contributed by atoms with van der Waals surface area (Å²) >= 11 is 0. The number of nitrogens with one attached hydrogen (secondary N) is 1. The van der Waals surface area contributed by atoms with Crippen LogP contribution < -0.4 is 5.32 Å². The van der Waals surface area contributed by atoms with Gasteiger partial charge in [0, 0.05) is 30.0 Å². The van der Waals surface area contributed by atoms with E-state index in [0.29, 0.717) is 0 Å². The fourth-order valence-electron chi connectivity index (χ4n) is 6.79. The van der Waals surface area contributed by atoms with Crippen LogP contribution in [0.15, 0.2) is 0 Å². The number of carbonyl (C=O) groups is 1. The lowest BCUT2D eigenvalue weighted by atomic mass is 9.72. The molecule has 1 amide bonds. The maximum absolute atomic E-state index is 14.0. The predicted octanol–water partition coefficient (Wildman–Crippen LogP) is 5.93. The zero-order valence-corrected chi connectivity index (χ0v) is 20.0. The second-order valence-corrected chi connectivity index (χ2v) is 11.7. The van der Waals surface area contributed by atoms with Gasteiger partial charge in [0.05, 0.1) is 0 Å². The quantitative estimate of drug-likeness (QED) is 0.586. The van der Waals surface area contributed by atoms with Crippen LogP contribution in [-0.2, 0) is 9.53 Å². The van der Waals surface area contributed by atoms with Crippen molar-refractivity contribution in [1.82, 2.24) is 10.2 Å². The Bertz CT molecular complexity index is 553. The molecule has 0 bridgehead atoms. The second kappa shape index (κ2) is 8.49. The standard InChI is InChI=1S/C25H46N2O2/c1-20(2)27-21(28)24(18-22(3,4)26-23(5,6)19-24)29-25(27)16-14-12-10-8-7-9-11-13-15-17-25/h20,26H,7-19H2,1-6H3. The Labute approximate surface area is 179 Å². The SMILES string of the molecule is CC(C)N1C(=O)C2(CC(C)(C)NC(C)(C)C2)OC12CCCCCCCCCCC2. The molecule has 4 heteroatoms. The highest BCUT2D eigenvalue weighted by molar-refractivity contribution is 5.88. The molecular weight excluding hydrogens is 360 g/mol. The molecule has 3 rings (SSSR count). The number of hydrogen-bond acceptors (Lipinski definition) is 3. The molecule has 2 saturated heterocycles. The normalized spacial score (nSPS) is 29.8. The summed E-state index contributed by atoms with van der Waals surface area (Å²) in [6.07, 6.45) is 15.1. The molecule has 1 aliphatic carbocycles. The van der Waals surface area contributed by atoms with Crippen molar-refractivity contribution in [3.05, 3.63) is 0 Å². The van der Waals surface area contributed by atoms with E-state index >= 15 is 0 Å². The molecule has 0 aromatic rings. The largest absolute Gasteiger partial charge is 0.339 e. The van der Waals surface area contributed by atoms with E-state index in [0.717, 1.165) is 38.5 Å². The van der Waals surface area contributed by atoms with Crippen molar-refractivity contribution in [2.75, 3.05) is 0 Å². The average Bonchev–Trinajstić information content (AvgIpc) is 2.76. The lowest BCUT2D eigenvalue weighted by Gasteiger charge is -2.50. The van der Waals surface area contributed by atoms with Crippen molar-refractivity contribution in [2.45, 2.75) is 153 Å². The molecule has 29 heavy (non-hydrogen) atoms. The maximum Gasteiger partial charge on any atom is 0.257 e. The lowest BCUT2D eigenvalue weighted by molar-refractivity contribution is -0.179. The van der Waals surface area contributed by atoms with Crippen molar-refractivity contribution in [3.8, 4) is 0 Å². The van der Waals surface area contributed by atoms with E-state index in [4.69, 9.17) is 4.74 Å². The van der Waals surface area contributed by atoms with Crippen molar-refractivity contribution in [3.63, 3.8) is 0 Å². The van der Waals surface area contributed by atoms with Crippen molar-refractivity contribution in [1.29, 1.82) is 0 Å². The van der Waals surface area contributed by atoms with E-state index in [1.807, 2.05) is 0 Å². The fourth-order valence-corrected chi connectivity index (χ4v) is 6.79. The Morgan fingerprint density at radius 2 is 1.21 bits per heavy atom. The molecule has 2 aliphatic heterocycles. The van der Waals surface area contributed by atoms with E-state index in [1.165, 1.54) is 44.9 Å². The maximum atomic E-state index is 14.0. The first kappa shape index (κ1) is 23.1. The van der Waals surface area contributed by atoms with Crippen LogP contribution in [0.2, 0.25) is 0 Å². The molecule has 1 saturated carbocycles. The summed E-state index contributed by atoms with van der Waals surface area (Å²) in [6.45, 7) is 13.2. The second-order valence-electron chi connectivity index (χ2n) is 11.7. The van der Waals surface area contributed by atoms with Gasteiger partial charge in [-0.2, -0.15) is 0 Å². The van der Waals surface area contributed by atoms with Gasteiger partial charge in [-0.25, -0.2) is 0 Å². The van der Waals surface area contributed by atoms with Crippen molar-refractivity contribution >= 4 is 5.91 Å². The van der Waals surface area contributed by atoms with Crippen LogP contribution in [0.1, 0.15) is 125 Å². The lowest BCUT2D eigenvalue weighted by Crippen LogP contribution is -2.65. The van der Waals surface area contributed by atoms with E-state index in [2.05, 4.69) is 51.8 Å². The molecule has 4 nitrogen and oxygen atoms in total. The Morgan fingerprint density at radius 3 is 1.62 bits per heavy atom. The van der Waals surface area contributed by atoms with E-state index in [-0.39, 0.29) is 23.0 Å². The van der Waals surface area contributed by atoms with Gasteiger partial charge in [0.2, 0.25) is 0 Å². The van der Waals surface area contributed by atoms with Gasteiger partial charge < -0.3 is 15.0 Å². The monoisotopic (exact) mass is 406 g/mol. The summed E-state index contributed by atoms with van der Waals surface area (Å²) in [5, 5.41) is 3.74. The Kier molecular flexibility index (Phi) is 6.75. The first-order valence-corrected chi connectivity index (χ1v) is 12.3. The highest BCUT2D eigenvalue weighted by atomic mass is 16.6. The minimum absolute atomic E-state index is 0.114. The number of nitrogens with zero attached hydrogens (tertiary/aromatic N) is 1. The molecular formula is C25H46N2O2. The Balaban J connectivity index is 1.93. The van der Waals surface area contributed by atoms with Crippen LogP contribution in [0.3, 0.4) is 0 Å². The van der Waals surface area contributed by atoms with E-state index in [1.54, 1.807) is 0 Å². The Morgan fingerprint density at radius 1 is 0.793 bits per heavy atom. The molecule has 0 aromatic carbocycles. The average molecular weight is 407 g/mol. The third kappa shape index (κ3) is 5.01. The van der Waals surface area contributed by atoms with Gasteiger partial charge in [-0.15, -0.1) is 0 Å². The van der Waals surface area contributed by atoms with Gasteiger partial charge in [0.25, 0.3) is 5.91 Å². The third-order valence-electron chi connectivity index (χ3n) is 7.22. The van der Waals surface area contributed by atoms with Crippen molar-refractivity contribution < 1.29 is 9.53 Å². The zero-order chi connectivity index (χ0) is 21.3. The van der Waals surface area contributed by atoms with Gasteiger partial charge in [0.1, 0.15) is 5.72 Å². The van der Waals surface area contributed by atoms with Gasteiger partial charge in [-0.1, -0.05) is 44.9 Å². The van der Waals surface area contributed by atoms with Gasteiger partial charge in [-0.05, 0) is 67.2 Å². The number of rotatable bonds is 1. The molecule has 0 unspecified atom stereocenters. The number of carbonyl (C=O) groups excluding carboxylic acids is 1. The van der Waals surface area contributed by atoms with Gasteiger partial charge >= 0.3 is 0 Å². The van der Waals surface area contributed by atoms with Crippen LogP contribution >= 0.6 is 0 Å². The highest BCUT2D eigenvalue weighted by Gasteiger charge is 2.64. The molecule has 2 heterocycles. The van der Waals surface area contributed by atoms with E-state index in [9.17, 15) is 4.79 Å². The van der Waals surface area contributed by atoms with E-state index < -0.39 is 11.3 Å². The van der Waals surface area contributed by atoms with Gasteiger partial charge in [0.15, 0.2) is 5.60 Å². The number of piperidine rings is 1. The van der Waals surface area contributed by atoms with Crippen molar-refractivity contribution in [2.24, 2.45) is 0 Å². The van der Waals surface area contributed by atoms with Crippen LogP contribution in [0, 0.1) is 0 Å². The molecule has 0 radical (unpaired) electrons. The summed E-state index contributed by atoms with van der Waals surface area (Å²) in [5.41, 5.74) is -1.32.